The van der Waals surface area contributed by atoms with Crippen molar-refractivity contribution in [1.82, 2.24) is 10.2 Å². The maximum atomic E-state index is 12.9. The molecule has 0 aliphatic carbocycles. The van der Waals surface area contributed by atoms with E-state index < -0.39 is 11.7 Å². The number of urea groups is 1. The Morgan fingerprint density at radius 1 is 1.21 bits per heavy atom. The Morgan fingerprint density at radius 2 is 1.93 bits per heavy atom. The Bertz CT molecular complexity index is 727. The molecule has 0 bridgehead atoms. The normalized spacial score (nSPS) is 18.2. The summed E-state index contributed by atoms with van der Waals surface area (Å²) < 4.78 is 5.33. The number of likely N-dealkylation sites (tertiary alicyclic amines) is 1. The minimum absolute atomic E-state index is 0.0536. The number of benzene rings is 1. The van der Waals surface area contributed by atoms with Crippen LogP contribution in [0.15, 0.2) is 24.3 Å². The molecule has 0 unspecified atom stereocenters. The van der Waals surface area contributed by atoms with Crippen LogP contribution in [0.4, 0.5) is 15.3 Å². The highest BCUT2D eigenvalue weighted by Gasteiger charge is 2.32. The van der Waals surface area contributed by atoms with Crippen molar-refractivity contribution in [2.75, 3.05) is 11.9 Å². The molecule has 2 rings (SSSR count). The molecule has 154 valence electrons. The van der Waals surface area contributed by atoms with Crippen molar-refractivity contribution < 1.29 is 19.1 Å². The van der Waals surface area contributed by atoms with E-state index in [1.807, 2.05) is 27.7 Å². The maximum absolute atomic E-state index is 12.9. The highest BCUT2D eigenvalue weighted by atomic mass is 16.6. The Labute approximate surface area is 166 Å². The Balaban J connectivity index is 2.05. The van der Waals surface area contributed by atoms with Crippen LogP contribution >= 0.6 is 0 Å². The van der Waals surface area contributed by atoms with Gasteiger partial charge in [-0.25, -0.2) is 9.59 Å². The summed E-state index contributed by atoms with van der Waals surface area (Å²) in [5.41, 5.74) is 0.553. The van der Waals surface area contributed by atoms with Gasteiger partial charge in [0.05, 0.1) is 6.04 Å². The Kier molecular flexibility index (Phi) is 7.05. The van der Waals surface area contributed by atoms with Gasteiger partial charge in [-0.15, -0.1) is 0 Å². The minimum atomic E-state index is -0.574. The molecule has 1 saturated heterocycles. The van der Waals surface area contributed by atoms with E-state index in [0.29, 0.717) is 17.8 Å². The highest BCUT2D eigenvalue weighted by molar-refractivity contribution is 5.96. The first-order chi connectivity index (χ1) is 13.1. The summed E-state index contributed by atoms with van der Waals surface area (Å²) in [4.78, 5) is 38.3. The van der Waals surface area contributed by atoms with Crippen molar-refractivity contribution in [3.63, 3.8) is 0 Å². The minimum Gasteiger partial charge on any atom is -0.444 e. The van der Waals surface area contributed by atoms with Gasteiger partial charge < -0.3 is 20.3 Å². The van der Waals surface area contributed by atoms with Crippen LogP contribution in [-0.4, -0.2) is 47.0 Å². The molecule has 0 aromatic heterocycles. The van der Waals surface area contributed by atoms with Gasteiger partial charge >= 0.3 is 12.1 Å². The van der Waals surface area contributed by atoms with E-state index in [-0.39, 0.29) is 23.9 Å². The average molecular weight is 389 g/mol. The van der Waals surface area contributed by atoms with Gasteiger partial charge in [0, 0.05) is 23.8 Å². The number of anilines is 1. The van der Waals surface area contributed by atoms with E-state index in [1.165, 1.54) is 6.92 Å². The monoisotopic (exact) mass is 389 g/mol. The lowest BCUT2D eigenvalue weighted by atomic mass is 9.97. The zero-order valence-corrected chi connectivity index (χ0v) is 17.4. The van der Waals surface area contributed by atoms with Crippen LogP contribution < -0.4 is 10.6 Å². The third kappa shape index (κ3) is 6.25. The number of rotatable bonds is 4. The van der Waals surface area contributed by atoms with Crippen LogP contribution in [0.25, 0.3) is 0 Å². The molecule has 0 spiro atoms. The fourth-order valence-corrected chi connectivity index (χ4v) is 3.33. The van der Waals surface area contributed by atoms with E-state index in [1.54, 1.807) is 29.2 Å². The molecule has 1 aliphatic heterocycles. The third-order valence-corrected chi connectivity index (χ3v) is 4.65. The van der Waals surface area contributed by atoms with Gasteiger partial charge in [0.1, 0.15) is 5.60 Å². The molecule has 2 N–H and O–H groups in total. The molecular weight excluding hydrogens is 358 g/mol. The molecule has 3 amide bonds. The molecule has 1 aromatic rings. The smallest absolute Gasteiger partial charge is 0.407 e. The van der Waals surface area contributed by atoms with Crippen LogP contribution in [0.3, 0.4) is 0 Å². The summed E-state index contributed by atoms with van der Waals surface area (Å²) in [5.74, 6) is -0.0536. The second-order valence-corrected chi connectivity index (χ2v) is 8.26. The van der Waals surface area contributed by atoms with Crippen LogP contribution in [0.2, 0.25) is 0 Å². The predicted molar refractivity (Wildman–Crippen MR) is 109 cm³/mol. The summed E-state index contributed by atoms with van der Waals surface area (Å²) in [7, 11) is 0. The molecule has 0 saturated carbocycles. The van der Waals surface area contributed by atoms with Crippen LogP contribution in [-0.2, 0) is 4.74 Å². The number of carbonyl (C=O) groups excluding carboxylic acids is 3. The van der Waals surface area contributed by atoms with Gasteiger partial charge in [-0.2, -0.15) is 0 Å². The lowest BCUT2D eigenvalue weighted by molar-refractivity contribution is 0.0465. The molecular formula is C21H31N3O4. The number of ether oxygens (including phenoxy) is 1. The number of hydrogen-bond acceptors (Lipinski definition) is 4. The molecule has 1 heterocycles. The third-order valence-electron chi connectivity index (χ3n) is 4.65. The molecule has 7 nitrogen and oxygen atoms in total. The summed E-state index contributed by atoms with van der Waals surface area (Å²) in [6.45, 7) is 9.43. The van der Waals surface area contributed by atoms with Crippen LogP contribution in [0.5, 0.6) is 0 Å². The second kappa shape index (κ2) is 9.08. The SMILES string of the molecule is CC(=O)c1cccc(NC(=O)N2CCCC[C@@H]2[C@@H](C)NC(=O)OC(C)(C)C)c1. The molecule has 1 fully saturated rings. The van der Waals surface area contributed by atoms with E-state index in [9.17, 15) is 14.4 Å². The first kappa shape index (κ1) is 21.7. The van der Waals surface area contributed by atoms with Gasteiger partial charge in [-0.3, -0.25) is 4.79 Å². The van der Waals surface area contributed by atoms with Crippen molar-refractivity contribution in [3.05, 3.63) is 29.8 Å². The number of carbonyl (C=O) groups is 3. The van der Waals surface area contributed by atoms with E-state index in [4.69, 9.17) is 4.74 Å². The molecule has 2 atom stereocenters. The fraction of sp³-hybridized carbons (Fsp3) is 0.571. The van der Waals surface area contributed by atoms with Crippen molar-refractivity contribution in [2.24, 2.45) is 0 Å². The van der Waals surface area contributed by atoms with Crippen molar-refractivity contribution in [3.8, 4) is 0 Å². The van der Waals surface area contributed by atoms with Crippen LogP contribution in [0, 0.1) is 0 Å². The quantitative estimate of drug-likeness (QED) is 0.756. The standard InChI is InChI=1S/C21H31N3O4/c1-14(22-20(27)28-21(3,4)5)18-11-6-7-12-24(18)19(26)23-17-10-8-9-16(13-17)15(2)25/h8-10,13-14,18H,6-7,11-12H2,1-5H3,(H,22,27)(H,23,26)/t14-,18-/m1/s1. The predicted octanol–water partition coefficient (Wildman–Crippen LogP) is 4.19. The second-order valence-electron chi connectivity index (χ2n) is 8.26. The van der Waals surface area contributed by atoms with Gasteiger partial charge in [0.15, 0.2) is 5.78 Å². The number of amides is 3. The number of hydrogen-bond donors (Lipinski definition) is 2. The number of nitrogens with zero attached hydrogens (tertiary/aromatic N) is 1. The largest absolute Gasteiger partial charge is 0.444 e. The average Bonchev–Trinajstić information content (AvgIpc) is 2.60. The number of ketones is 1. The van der Waals surface area contributed by atoms with Gasteiger partial charge in [-0.1, -0.05) is 12.1 Å². The molecule has 1 aliphatic rings. The first-order valence-electron chi connectivity index (χ1n) is 9.75. The lowest BCUT2D eigenvalue weighted by Gasteiger charge is -2.39. The fourth-order valence-electron chi connectivity index (χ4n) is 3.33. The summed E-state index contributed by atoms with van der Waals surface area (Å²) in [6, 6.07) is 6.28. The summed E-state index contributed by atoms with van der Waals surface area (Å²) in [6.07, 6.45) is 2.23. The number of nitrogens with one attached hydrogen (secondary N) is 2. The van der Waals surface area contributed by atoms with Gasteiger partial charge in [0.25, 0.3) is 0 Å². The molecule has 7 heteroatoms. The number of Topliss-reactive ketones (excluding diaryl/α,β-unsaturated/α-hetero) is 1. The van der Waals surface area contributed by atoms with Gasteiger partial charge in [-0.05, 0) is 66.0 Å². The molecule has 0 radical (unpaired) electrons. The topological polar surface area (TPSA) is 87.7 Å². The molecule has 28 heavy (non-hydrogen) atoms. The Hall–Kier alpha value is -2.57. The summed E-state index contributed by atoms with van der Waals surface area (Å²) >= 11 is 0. The van der Waals surface area contributed by atoms with E-state index in [0.717, 1.165) is 19.3 Å². The number of piperidine rings is 1. The van der Waals surface area contributed by atoms with E-state index >= 15 is 0 Å². The van der Waals surface area contributed by atoms with Gasteiger partial charge in [0.2, 0.25) is 0 Å². The highest BCUT2D eigenvalue weighted by Crippen LogP contribution is 2.22. The van der Waals surface area contributed by atoms with Crippen LogP contribution in [0.1, 0.15) is 64.2 Å². The Morgan fingerprint density at radius 3 is 2.57 bits per heavy atom. The lowest BCUT2D eigenvalue weighted by Crippen LogP contribution is -2.55. The molecule has 1 aromatic carbocycles. The zero-order chi connectivity index (χ0) is 20.9. The van der Waals surface area contributed by atoms with Crippen molar-refractivity contribution >= 4 is 23.6 Å². The summed E-state index contributed by atoms with van der Waals surface area (Å²) in [5, 5.41) is 5.73. The maximum Gasteiger partial charge on any atom is 0.407 e. The first-order valence-corrected chi connectivity index (χ1v) is 9.75. The van der Waals surface area contributed by atoms with Crippen molar-refractivity contribution in [2.45, 2.75) is 71.6 Å². The number of alkyl carbamates (subject to hydrolysis) is 1. The zero-order valence-electron chi connectivity index (χ0n) is 17.4. The van der Waals surface area contributed by atoms with E-state index in [2.05, 4.69) is 10.6 Å². The van der Waals surface area contributed by atoms with Crippen molar-refractivity contribution in [1.29, 1.82) is 0 Å².